The van der Waals surface area contributed by atoms with E-state index >= 15 is 0 Å². The van der Waals surface area contributed by atoms with Crippen molar-refractivity contribution in [1.82, 2.24) is 4.72 Å². The van der Waals surface area contributed by atoms with Gasteiger partial charge in [-0.05, 0) is 31.0 Å². The number of hydrogen-bond donors (Lipinski definition) is 2. The standard InChI is InChI=1S/C16H28N2O2S/c1-3-4-5-6-7-8-13-18-21(19,20)16-11-9-15(10-12-16)14(2)17/h9-12,14,18H,3-8,13,17H2,1-2H3. The minimum absolute atomic E-state index is 0.0853. The summed E-state index contributed by atoms with van der Waals surface area (Å²) in [5.74, 6) is 0. The van der Waals surface area contributed by atoms with E-state index in [1.165, 1.54) is 25.7 Å². The molecule has 21 heavy (non-hydrogen) atoms. The lowest BCUT2D eigenvalue weighted by Gasteiger charge is -2.09. The van der Waals surface area contributed by atoms with Crippen molar-refractivity contribution < 1.29 is 8.42 Å². The number of unbranched alkanes of at least 4 members (excludes halogenated alkanes) is 5. The van der Waals surface area contributed by atoms with Crippen LogP contribution in [0.5, 0.6) is 0 Å². The van der Waals surface area contributed by atoms with Gasteiger partial charge in [0.2, 0.25) is 10.0 Å². The Morgan fingerprint density at radius 2 is 1.62 bits per heavy atom. The van der Waals surface area contributed by atoms with Gasteiger partial charge in [-0.15, -0.1) is 0 Å². The molecule has 0 fully saturated rings. The highest BCUT2D eigenvalue weighted by Gasteiger charge is 2.13. The molecule has 1 rings (SSSR count). The van der Waals surface area contributed by atoms with Crippen LogP contribution in [-0.4, -0.2) is 15.0 Å². The van der Waals surface area contributed by atoms with E-state index in [1.54, 1.807) is 24.3 Å². The van der Waals surface area contributed by atoms with Crippen LogP contribution in [0, 0.1) is 0 Å². The van der Waals surface area contributed by atoms with Gasteiger partial charge in [-0.2, -0.15) is 0 Å². The van der Waals surface area contributed by atoms with E-state index in [0.717, 1.165) is 18.4 Å². The monoisotopic (exact) mass is 312 g/mol. The first-order valence-corrected chi connectivity index (χ1v) is 9.31. The van der Waals surface area contributed by atoms with E-state index in [9.17, 15) is 8.42 Å². The van der Waals surface area contributed by atoms with E-state index in [4.69, 9.17) is 5.73 Å². The molecule has 0 aromatic heterocycles. The molecule has 0 heterocycles. The summed E-state index contributed by atoms with van der Waals surface area (Å²) in [4.78, 5) is 0.304. The molecule has 0 saturated heterocycles. The maximum atomic E-state index is 12.1. The third kappa shape index (κ3) is 6.59. The molecule has 0 radical (unpaired) electrons. The maximum Gasteiger partial charge on any atom is 0.240 e. The molecular weight excluding hydrogens is 284 g/mol. The third-order valence-electron chi connectivity index (χ3n) is 3.54. The number of nitrogens with two attached hydrogens (primary N) is 1. The van der Waals surface area contributed by atoms with Gasteiger partial charge in [0.15, 0.2) is 0 Å². The van der Waals surface area contributed by atoms with Crippen molar-refractivity contribution in [2.45, 2.75) is 63.3 Å². The summed E-state index contributed by atoms with van der Waals surface area (Å²) in [6.07, 6.45) is 6.87. The normalized spacial score (nSPS) is 13.3. The number of sulfonamides is 1. The highest BCUT2D eigenvalue weighted by Crippen LogP contribution is 2.14. The van der Waals surface area contributed by atoms with Crippen LogP contribution in [0.4, 0.5) is 0 Å². The molecule has 0 spiro atoms. The van der Waals surface area contributed by atoms with Crippen molar-refractivity contribution in [3.8, 4) is 0 Å². The van der Waals surface area contributed by atoms with Gasteiger partial charge in [0.05, 0.1) is 4.90 Å². The first kappa shape index (κ1) is 18.1. The second kappa shape index (κ2) is 9.18. The topological polar surface area (TPSA) is 72.2 Å². The lowest BCUT2D eigenvalue weighted by atomic mass is 10.1. The number of benzene rings is 1. The van der Waals surface area contributed by atoms with Crippen LogP contribution >= 0.6 is 0 Å². The Morgan fingerprint density at radius 3 is 2.19 bits per heavy atom. The Kier molecular flexibility index (Phi) is 7.93. The first-order valence-electron chi connectivity index (χ1n) is 7.82. The van der Waals surface area contributed by atoms with E-state index < -0.39 is 10.0 Å². The molecule has 1 unspecified atom stereocenters. The zero-order chi connectivity index (χ0) is 15.7. The van der Waals surface area contributed by atoms with Gasteiger partial charge in [0.25, 0.3) is 0 Å². The molecular formula is C16H28N2O2S. The quantitative estimate of drug-likeness (QED) is 0.651. The van der Waals surface area contributed by atoms with Crippen molar-refractivity contribution in [2.75, 3.05) is 6.54 Å². The predicted octanol–water partition coefficient (Wildman–Crippen LogP) is 3.35. The van der Waals surface area contributed by atoms with Crippen LogP contribution < -0.4 is 10.5 Å². The molecule has 3 N–H and O–H groups in total. The average Bonchev–Trinajstić information content (AvgIpc) is 2.46. The number of rotatable bonds is 10. The fourth-order valence-corrected chi connectivity index (χ4v) is 3.22. The molecule has 5 heteroatoms. The Hall–Kier alpha value is -0.910. The fourth-order valence-electron chi connectivity index (χ4n) is 2.15. The summed E-state index contributed by atoms with van der Waals surface area (Å²) in [6.45, 7) is 4.56. The van der Waals surface area contributed by atoms with Crippen LogP contribution in [0.1, 0.15) is 64.0 Å². The highest BCUT2D eigenvalue weighted by molar-refractivity contribution is 7.89. The van der Waals surface area contributed by atoms with Gasteiger partial charge in [0, 0.05) is 12.6 Å². The molecule has 120 valence electrons. The van der Waals surface area contributed by atoms with E-state index in [-0.39, 0.29) is 6.04 Å². The summed E-state index contributed by atoms with van der Waals surface area (Å²) >= 11 is 0. The minimum Gasteiger partial charge on any atom is -0.324 e. The molecule has 0 saturated carbocycles. The van der Waals surface area contributed by atoms with Gasteiger partial charge in [0.1, 0.15) is 0 Å². The molecule has 1 aromatic rings. The molecule has 0 aliphatic rings. The van der Waals surface area contributed by atoms with Crippen LogP contribution in [-0.2, 0) is 10.0 Å². The van der Waals surface area contributed by atoms with Crippen molar-refractivity contribution in [3.63, 3.8) is 0 Å². The van der Waals surface area contributed by atoms with Crippen LogP contribution in [0.15, 0.2) is 29.2 Å². The third-order valence-corrected chi connectivity index (χ3v) is 5.02. The van der Waals surface area contributed by atoms with Crippen LogP contribution in [0.3, 0.4) is 0 Å². The zero-order valence-electron chi connectivity index (χ0n) is 13.1. The summed E-state index contributed by atoms with van der Waals surface area (Å²) < 4.78 is 26.9. The van der Waals surface area contributed by atoms with E-state index in [0.29, 0.717) is 11.4 Å². The second-order valence-electron chi connectivity index (χ2n) is 5.52. The SMILES string of the molecule is CCCCCCCCNS(=O)(=O)c1ccc(C(C)N)cc1. The smallest absolute Gasteiger partial charge is 0.240 e. The van der Waals surface area contributed by atoms with Gasteiger partial charge in [-0.3, -0.25) is 0 Å². The van der Waals surface area contributed by atoms with Crippen molar-refractivity contribution >= 4 is 10.0 Å². The first-order chi connectivity index (χ1) is 9.97. The Balaban J connectivity index is 2.39. The fraction of sp³-hybridized carbons (Fsp3) is 0.625. The predicted molar refractivity (Wildman–Crippen MR) is 87.6 cm³/mol. The molecule has 0 amide bonds. The Bertz CT molecular complexity index is 496. The lowest BCUT2D eigenvalue weighted by molar-refractivity contribution is 0.567. The number of nitrogens with one attached hydrogen (secondary N) is 1. The summed E-state index contributed by atoms with van der Waals surface area (Å²) in [5, 5.41) is 0. The zero-order valence-corrected chi connectivity index (χ0v) is 14.0. The largest absolute Gasteiger partial charge is 0.324 e. The highest BCUT2D eigenvalue weighted by atomic mass is 32.2. The van der Waals surface area contributed by atoms with Gasteiger partial charge in [-0.1, -0.05) is 51.2 Å². The van der Waals surface area contributed by atoms with Crippen LogP contribution in [0.25, 0.3) is 0 Å². The lowest BCUT2D eigenvalue weighted by Crippen LogP contribution is -2.24. The minimum atomic E-state index is -3.39. The molecule has 0 bridgehead atoms. The van der Waals surface area contributed by atoms with E-state index in [1.807, 2.05) is 6.92 Å². The Morgan fingerprint density at radius 1 is 1.05 bits per heavy atom. The van der Waals surface area contributed by atoms with Crippen molar-refractivity contribution in [3.05, 3.63) is 29.8 Å². The van der Waals surface area contributed by atoms with E-state index in [2.05, 4.69) is 11.6 Å². The summed E-state index contributed by atoms with van der Waals surface area (Å²) in [6, 6.07) is 6.68. The average molecular weight is 312 g/mol. The molecule has 0 aliphatic carbocycles. The maximum absolute atomic E-state index is 12.1. The van der Waals surface area contributed by atoms with Gasteiger partial charge < -0.3 is 5.73 Å². The molecule has 0 aliphatic heterocycles. The summed E-state index contributed by atoms with van der Waals surface area (Å²) in [5.41, 5.74) is 6.69. The number of hydrogen-bond acceptors (Lipinski definition) is 3. The van der Waals surface area contributed by atoms with Crippen molar-refractivity contribution in [2.24, 2.45) is 5.73 Å². The van der Waals surface area contributed by atoms with Gasteiger partial charge >= 0.3 is 0 Å². The molecule has 1 aromatic carbocycles. The van der Waals surface area contributed by atoms with Gasteiger partial charge in [-0.25, -0.2) is 13.1 Å². The van der Waals surface area contributed by atoms with Crippen molar-refractivity contribution in [1.29, 1.82) is 0 Å². The Labute approximate surface area is 129 Å². The van der Waals surface area contributed by atoms with Crippen LogP contribution in [0.2, 0.25) is 0 Å². The molecule has 1 atom stereocenters. The summed E-state index contributed by atoms with van der Waals surface area (Å²) in [7, 11) is -3.39. The second-order valence-corrected chi connectivity index (χ2v) is 7.29. The molecule has 4 nitrogen and oxygen atoms in total.